The second-order valence-electron chi connectivity index (χ2n) is 7.96. The van der Waals surface area contributed by atoms with Crippen LogP contribution in [0.15, 0.2) is 11.1 Å². The van der Waals surface area contributed by atoms with Gasteiger partial charge in [0.15, 0.2) is 5.78 Å². The molecule has 0 saturated heterocycles. The van der Waals surface area contributed by atoms with Crippen molar-refractivity contribution in [2.24, 2.45) is 16.7 Å². The van der Waals surface area contributed by atoms with Crippen LogP contribution >= 0.6 is 0 Å². The van der Waals surface area contributed by atoms with Crippen molar-refractivity contribution in [2.75, 3.05) is 13.2 Å². The van der Waals surface area contributed by atoms with Gasteiger partial charge >= 0.3 is 11.9 Å². The molecule has 1 saturated carbocycles. The van der Waals surface area contributed by atoms with E-state index in [-0.39, 0.29) is 41.7 Å². The van der Waals surface area contributed by atoms with Crippen LogP contribution in [0.4, 0.5) is 0 Å². The number of ketones is 1. The van der Waals surface area contributed by atoms with Gasteiger partial charge in [-0.3, -0.25) is 14.4 Å². The van der Waals surface area contributed by atoms with Gasteiger partial charge in [-0.2, -0.15) is 0 Å². The van der Waals surface area contributed by atoms with Gasteiger partial charge in [-0.15, -0.1) is 0 Å². The molecule has 2 rings (SSSR count). The lowest BCUT2D eigenvalue weighted by Crippen LogP contribution is -2.49. The van der Waals surface area contributed by atoms with Crippen molar-refractivity contribution >= 4 is 17.7 Å². The average molecular weight is 336 g/mol. The van der Waals surface area contributed by atoms with E-state index in [4.69, 9.17) is 9.47 Å². The van der Waals surface area contributed by atoms with Crippen molar-refractivity contribution in [1.82, 2.24) is 0 Å². The first-order valence-corrected chi connectivity index (χ1v) is 8.60. The van der Waals surface area contributed by atoms with Gasteiger partial charge in [0.05, 0.1) is 0 Å². The molecule has 0 N–H and O–H groups in total. The molecule has 0 unspecified atom stereocenters. The van der Waals surface area contributed by atoms with Crippen LogP contribution < -0.4 is 0 Å². The van der Waals surface area contributed by atoms with E-state index >= 15 is 0 Å². The van der Waals surface area contributed by atoms with E-state index in [1.54, 1.807) is 0 Å². The zero-order valence-electron chi connectivity index (χ0n) is 15.4. The molecular formula is C19H28O5. The highest BCUT2D eigenvalue weighted by Gasteiger charge is 2.53. The summed E-state index contributed by atoms with van der Waals surface area (Å²) in [4.78, 5) is 35.3. The molecule has 0 spiro atoms. The molecule has 0 aliphatic heterocycles. The summed E-state index contributed by atoms with van der Waals surface area (Å²) in [5, 5.41) is 0. The van der Waals surface area contributed by atoms with Crippen molar-refractivity contribution in [3.05, 3.63) is 11.1 Å². The Hall–Kier alpha value is -1.65. The highest BCUT2D eigenvalue weighted by molar-refractivity contribution is 5.98. The third-order valence-electron chi connectivity index (χ3n) is 5.85. The third kappa shape index (κ3) is 3.55. The van der Waals surface area contributed by atoms with Crippen LogP contribution in [-0.2, 0) is 23.9 Å². The van der Waals surface area contributed by atoms with E-state index in [0.29, 0.717) is 12.0 Å². The highest BCUT2D eigenvalue weighted by atomic mass is 16.5. The Kier molecular flexibility index (Phi) is 5.21. The first-order chi connectivity index (χ1) is 11.1. The van der Waals surface area contributed by atoms with Gasteiger partial charge < -0.3 is 9.47 Å². The summed E-state index contributed by atoms with van der Waals surface area (Å²) in [6, 6.07) is 0. The molecular weight excluding hydrogens is 308 g/mol. The monoisotopic (exact) mass is 336 g/mol. The van der Waals surface area contributed by atoms with Crippen LogP contribution in [0.2, 0.25) is 0 Å². The Bertz CT molecular complexity index is 587. The standard InChI is InChI=1S/C19H28O5/c1-12(20)23-10-14-15(11-24-13(2)21)19(5)8-6-7-18(3,4)17(19)9-16(14)22/h17H,6-11H2,1-5H3/t17-,19-/m0/s1. The number of carbonyl (C=O) groups excluding carboxylic acids is 3. The average Bonchev–Trinajstić information content (AvgIpc) is 2.44. The molecule has 0 aromatic rings. The number of hydrogen-bond donors (Lipinski definition) is 0. The van der Waals surface area contributed by atoms with Gasteiger partial charge in [-0.05, 0) is 35.2 Å². The van der Waals surface area contributed by atoms with Crippen molar-refractivity contribution in [3.63, 3.8) is 0 Å². The van der Waals surface area contributed by atoms with E-state index in [2.05, 4.69) is 20.8 Å². The number of hydrogen-bond acceptors (Lipinski definition) is 5. The Morgan fingerprint density at radius 3 is 2.21 bits per heavy atom. The molecule has 0 aromatic carbocycles. The lowest BCUT2D eigenvalue weighted by Gasteiger charge is -2.54. The van der Waals surface area contributed by atoms with E-state index in [9.17, 15) is 14.4 Å². The van der Waals surface area contributed by atoms with Crippen LogP contribution in [0.25, 0.3) is 0 Å². The van der Waals surface area contributed by atoms with E-state index in [1.165, 1.54) is 13.8 Å². The molecule has 0 radical (unpaired) electrons. The Morgan fingerprint density at radius 1 is 1.04 bits per heavy atom. The number of rotatable bonds is 4. The maximum absolute atomic E-state index is 12.8. The number of carbonyl (C=O) groups is 3. The highest BCUT2D eigenvalue weighted by Crippen LogP contribution is 2.58. The number of fused-ring (bicyclic) bond motifs is 1. The fourth-order valence-electron chi connectivity index (χ4n) is 4.57. The summed E-state index contributed by atoms with van der Waals surface area (Å²) in [5.41, 5.74) is 1.20. The molecule has 0 amide bonds. The number of Topliss-reactive ketones (excluding diaryl/α,β-unsaturated/α-hetero) is 1. The second kappa shape index (κ2) is 6.69. The van der Waals surface area contributed by atoms with Gasteiger partial charge in [-0.25, -0.2) is 0 Å². The maximum Gasteiger partial charge on any atom is 0.302 e. The quantitative estimate of drug-likeness (QED) is 0.737. The van der Waals surface area contributed by atoms with Crippen LogP contribution in [0.5, 0.6) is 0 Å². The smallest absolute Gasteiger partial charge is 0.302 e. The van der Waals surface area contributed by atoms with Gasteiger partial charge in [0, 0.05) is 25.8 Å². The lowest BCUT2D eigenvalue weighted by atomic mass is 9.50. The SMILES string of the molecule is CC(=O)OCC1=C(COC(C)=O)[C@]2(C)CCCC(C)(C)[C@@H]2CC1=O. The van der Waals surface area contributed by atoms with Gasteiger partial charge in [0.2, 0.25) is 0 Å². The second-order valence-corrected chi connectivity index (χ2v) is 7.96. The van der Waals surface area contributed by atoms with Crippen LogP contribution in [0, 0.1) is 16.7 Å². The largest absolute Gasteiger partial charge is 0.461 e. The molecule has 24 heavy (non-hydrogen) atoms. The molecule has 5 heteroatoms. The molecule has 134 valence electrons. The predicted molar refractivity (Wildman–Crippen MR) is 89.1 cm³/mol. The predicted octanol–water partition coefficient (Wildman–Crippen LogP) is 3.21. The fraction of sp³-hybridized carbons (Fsp3) is 0.737. The fourth-order valence-corrected chi connectivity index (χ4v) is 4.57. The minimum atomic E-state index is -0.418. The Labute approximate surface area is 143 Å². The summed E-state index contributed by atoms with van der Waals surface area (Å²) in [6.45, 7) is 9.34. The summed E-state index contributed by atoms with van der Waals surface area (Å²) in [7, 11) is 0. The Balaban J connectivity index is 2.46. The van der Waals surface area contributed by atoms with Crippen LogP contribution in [0.1, 0.15) is 60.3 Å². The van der Waals surface area contributed by atoms with Crippen LogP contribution in [0.3, 0.4) is 0 Å². The molecule has 2 aliphatic rings. The lowest BCUT2D eigenvalue weighted by molar-refractivity contribution is -0.143. The number of esters is 2. The zero-order valence-corrected chi connectivity index (χ0v) is 15.4. The van der Waals surface area contributed by atoms with Gasteiger partial charge in [0.25, 0.3) is 0 Å². The molecule has 5 nitrogen and oxygen atoms in total. The van der Waals surface area contributed by atoms with Crippen molar-refractivity contribution in [3.8, 4) is 0 Å². The minimum absolute atomic E-state index is 0.0100. The normalized spacial score (nSPS) is 29.0. The van der Waals surface area contributed by atoms with Crippen molar-refractivity contribution < 1.29 is 23.9 Å². The molecule has 0 aromatic heterocycles. The summed E-state index contributed by atoms with van der Waals surface area (Å²) in [5.74, 6) is -0.574. The third-order valence-corrected chi connectivity index (χ3v) is 5.85. The van der Waals surface area contributed by atoms with Crippen molar-refractivity contribution in [2.45, 2.75) is 60.3 Å². The van der Waals surface area contributed by atoms with Gasteiger partial charge in [-0.1, -0.05) is 27.2 Å². The summed E-state index contributed by atoms with van der Waals surface area (Å²) < 4.78 is 10.4. The first-order valence-electron chi connectivity index (χ1n) is 8.60. The number of ether oxygens (including phenoxy) is 2. The summed E-state index contributed by atoms with van der Waals surface area (Å²) >= 11 is 0. The van der Waals surface area contributed by atoms with E-state index in [0.717, 1.165) is 24.8 Å². The first kappa shape index (κ1) is 18.7. The molecule has 0 bridgehead atoms. The molecule has 2 atom stereocenters. The summed E-state index contributed by atoms with van der Waals surface area (Å²) in [6.07, 6.45) is 3.57. The molecule has 1 fully saturated rings. The van der Waals surface area contributed by atoms with Crippen LogP contribution in [-0.4, -0.2) is 30.9 Å². The van der Waals surface area contributed by atoms with E-state index in [1.807, 2.05) is 0 Å². The maximum atomic E-state index is 12.8. The Morgan fingerprint density at radius 2 is 1.62 bits per heavy atom. The minimum Gasteiger partial charge on any atom is -0.461 e. The molecule has 2 aliphatic carbocycles. The topological polar surface area (TPSA) is 69.7 Å². The van der Waals surface area contributed by atoms with Crippen molar-refractivity contribution in [1.29, 1.82) is 0 Å². The zero-order chi connectivity index (χ0) is 18.1. The van der Waals surface area contributed by atoms with Gasteiger partial charge in [0.1, 0.15) is 13.2 Å². The molecule has 0 heterocycles. The van der Waals surface area contributed by atoms with E-state index < -0.39 is 5.97 Å².